The highest BCUT2D eigenvalue weighted by atomic mass is 32.1. The van der Waals surface area contributed by atoms with E-state index in [1.807, 2.05) is 0 Å². The van der Waals surface area contributed by atoms with Crippen LogP contribution in [0.3, 0.4) is 0 Å². The molecule has 0 fully saturated rings. The number of rotatable bonds is 3. The molecular weight excluding hydrogens is 425 g/mol. The number of benzene rings is 2. The highest BCUT2D eigenvalue weighted by molar-refractivity contribution is 7.18. The molecule has 2 N–H and O–H groups in total. The Hall–Kier alpha value is -2.95. The van der Waals surface area contributed by atoms with E-state index < -0.39 is 45.5 Å². The van der Waals surface area contributed by atoms with Crippen LogP contribution in [0.4, 0.5) is 35.9 Å². The molecule has 0 saturated heterocycles. The minimum absolute atomic E-state index is 0.193. The van der Waals surface area contributed by atoms with Gasteiger partial charge in [0.15, 0.2) is 5.13 Å². The molecule has 11 heteroatoms. The Bertz CT molecular complexity index is 1090. The maximum atomic E-state index is 14.2. The van der Waals surface area contributed by atoms with Gasteiger partial charge >= 0.3 is 12.4 Å². The lowest BCUT2D eigenvalue weighted by atomic mass is 9.98. The number of ketones is 1. The number of nitrogens with two attached hydrogens (primary N) is 1. The highest BCUT2D eigenvalue weighted by Gasteiger charge is 2.38. The number of aromatic nitrogens is 1. The monoisotopic (exact) mass is 434 g/mol. The van der Waals surface area contributed by atoms with Gasteiger partial charge in [0, 0.05) is 5.56 Å². The second kappa shape index (κ2) is 7.14. The van der Waals surface area contributed by atoms with Crippen LogP contribution in [0.2, 0.25) is 0 Å². The van der Waals surface area contributed by atoms with Crippen molar-refractivity contribution in [3.8, 4) is 11.3 Å². The first kappa shape index (κ1) is 20.8. The molecule has 0 radical (unpaired) electrons. The number of hydrogen-bond donors (Lipinski definition) is 1. The summed E-state index contributed by atoms with van der Waals surface area (Å²) in [6.07, 6.45) is -9.73. The molecule has 0 bridgehead atoms. The molecule has 0 spiro atoms. The predicted molar refractivity (Wildman–Crippen MR) is 91.8 cm³/mol. The van der Waals surface area contributed by atoms with E-state index >= 15 is 0 Å². The minimum Gasteiger partial charge on any atom is -0.375 e. The van der Waals surface area contributed by atoms with E-state index in [2.05, 4.69) is 4.98 Å². The van der Waals surface area contributed by atoms with Crippen molar-refractivity contribution in [2.24, 2.45) is 0 Å². The summed E-state index contributed by atoms with van der Waals surface area (Å²) in [6.45, 7) is 0. The lowest BCUT2D eigenvalue weighted by Gasteiger charge is -2.13. The molecule has 0 atom stereocenters. The van der Waals surface area contributed by atoms with Gasteiger partial charge in [-0.2, -0.15) is 26.3 Å². The van der Waals surface area contributed by atoms with Crippen molar-refractivity contribution < 1.29 is 35.5 Å². The zero-order chi connectivity index (χ0) is 21.6. The zero-order valence-electron chi connectivity index (χ0n) is 14.0. The van der Waals surface area contributed by atoms with Crippen LogP contribution in [0.5, 0.6) is 0 Å². The second-order valence-corrected chi connectivity index (χ2v) is 6.83. The first-order chi connectivity index (χ1) is 13.4. The average Bonchev–Trinajstić information content (AvgIpc) is 3.01. The molecule has 0 aliphatic heterocycles. The molecule has 29 heavy (non-hydrogen) atoms. The summed E-state index contributed by atoms with van der Waals surface area (Å²) in [6, 6.07) is 5.69. The molecule has 0 aliphatic rings. The molecule has 3 nitrogen and oxygen atoms in total. The van der Waals surface area contributed by atoms with Crippen LogP contribution < -0.4 is 5.73 Å². The highest BCUT2D eigenvalue weighted by Crippen LogP contribution is 2.39. The van der Waals surface area contributed by atoms with E-state index in [4.69, 9.17) is 5.73 Å². The third-order valence-corrected chi connectivity index (χ3v) is 4.74. The lowest BCUT2D eigenvalue weighted by Crippen LogP contribution is -2.15. The minimum atomic E-state index is -5.03. The fourth-order valence-corrected chi connectivity index (χ4v) is 3.43. The maximum absolute atomic E-state index is 14.2. The van der Waals surface area contributed by atoms with Gasteiger partial charge in [0.25, 0.3) is 0 Å². The maximum Gasteiger partial charge on any atom is 0.417 e. The number of nitrogens with zero attached hydrogens (tertiary/aromatic N) is 1. The van der Waals surface area contributed by atoms with Gasteiger partial charge in [-0.25, -0.2) is 9.37 Å². The van der Waals surface area contributed by atoms with Crippen molar-refractivity contribution in [3.05, 3.63) is 69.8 Å². The van der Waals surface area contributed by atoms with Crippen LogP contribution >= 0.6 is 11.3 Å². The molecular formula is C18H9F7N2OS. The standard InChI is InChI=1S/C18H9F7N2OS/c19-11-6-2-5-10(18(23,24)25)12(11)14(28)15-13(27-16(26)29-15)8-3-1-4-9(7-8)17(20,21)22/h1-7H,(H2,26,27). The topological polar surface area (TPSA) is 56.0 Å². The van der Waals surface area contributed by atoms with E-state index in [1.165, 1.54) is 6.07 Å². The molecule has 3 aromatic rings. The van der Waals surface area contributed by atoms with Crippen molar-refractivity contribution in [2.45, 2.75) is 12.4 Å². The molecule has 1 heterocycles. The van der Waals surface area contributed by atoms with Gasteiger partial charge in [-0.05, 0) is 24.3 Å². The largest absolute Gasteiger partial charge is 0.417 e. The van der Waals surface area contributed by atoms with Crippen LogP contribution in [0, 0.1) is 5.82 Å². The molecule has 1 aromatic heterocycles. The molecule has 0 unspecified atom stereocenters. The Morgan fingerprint density at radius 2 is 1.62 bits per heavy atom. The summed E-state index contributed by atoms with van der Waals surface area (Å²) in [5.41, 5.74) is 1.16. The van der Waals surface area contributed by atoms with Crippen LogP contribution in [0.25, 0.3) is 11.3 Å². The molecule has 0 saturated carbocycles. The van der Waals surface area contributed by atoms with Crippen LogP contribution in [0.15, 0.2) is 42.5 Å². The number of thiazole rings is 1. The average molecular weight is 434 g/mol. The quantitative estimate of drug-likeness (QED) is 0.419. The summed E-state index contributed by atoms with van der Waals surface area (Å²) < 4.78 is 92.8. The smallest absolute Gasteiger partial charge is 0.375 e. The number of carbonyl (C=O) groups excluding carboxylic acids is 1. The number of alkyl halides is 6. The summed E-state index contributed by atoms with van der Waals surface area (Å²) in [4.78, 5) is 16.1. The van der Waals surface area contributed by atoms with Gasteiger partial charge in [-0.15, -0.1) is 0 Å². The summed E-state index contributed by atoms with van der Waals surface area (Å²) in [5.74, 6) is -2.80. The fourth-order valence-electron chi connectivity index (χ4n) is 2.63. The second-order valence-electron chi connectivity index (χ2n) is 5.80. The fraction of sp³-hybridized carbons (Fsp3) is 0.111. The first-order valence-electron chi connectivity index (χ1n) is 7.74. The van der Waals surface area contributed by atoms with E-state index in [0.717, 1.165) is 18.2 Å². The van der Waals surface area contributed by atoms with Crippen molar-refractivity contribution in [1.82, 2.24) is 4.98 Å². The summed E-state index contributed by atoms with van der Waals surface area (Å²) in [5, 5.41) is -0.273. The number of carbonyl (C=O) groups is 1. The molecule has 152 valence electrons. The van der Waals surface area contributed by atoms with E-state index in [-0.39, 0.29) is 16.4 Å². The zero-order valence-corrected chi connectivity index (χ0v) is 14.8. The van der Waals surface area contributed by atoms with Gasteiger partial charge in [-0.3, -0.25) is 4.79 Å². The van der Waals surface area contributed by atoms with Crippen molar-refractivity contribution in [3.63, 3.8) is 0 Å². The van der Waals surface area contributed by atoms with Gasteiger partial charge < -0.3 is 5.73 Å². The predicted octanol–water partition coefficient (Wildman–Crippen LogP) is 5.80. The van der Waals surface area contributed by atoms with Gasteiger partial charge in [0.1, 0.15) is 10.7 Å². The Morgan fingerprint density at radius 3 is 2.24 bits per heavy atom. The van der Waals surface area contributed by atoms with Crippen LogP contribution in [-0.2, 0) is 12.4 Å². The summed E-state index contributed by atoms with van der Waals surface area (Å²) >= 11 is 0.455. The Morgan fingerprint density at radius 1 is 0.966 bits per heavy atom. The Balaban J connectivity index is 2.19. The Labute approximate surface area is 162 Å². The molecule has 2 aromatic carbocycles. The third kappa shape index (κ3) is 4.09. The van der Waals surface area contributed by atoms with Gasteiger partial charge in [0.05, 0.1) is 22.4 Å². The first-order valence-corrected chi connectivity index (χ1v) is 8.55. The molecule has 3 rings (SSSR count). The van der Waals surface area contributed by atoms with Gasteiger partial charge in [-0.1, -0.05) is 29.5 Å². The van der Waals surface area contributed by atoms with Crippen LogP contribution in [-0.4, -0.2) is 10.8 Å². The molecule has 0 amide bonds. The van der Waals surface area contributed by atoms with E-state index in [9.17, 15) is 35.5 Å². The summed E-state index contributed by atoms with van der Waals surface area (Å²) in [7, 11) is 0. The number of anilines is 1. The molecule has 0 aliphatic carbocycles. The van der Waals surface area contributed by atoms with Crippen molar-refractivity contribution in [1.29, 1.82) is 0 Å². The third-order valence-electron chi connectivity index (χ3n) is 3.86. The van der Waals surface area contributed by atoms with E-state index in [1.54, 1.807) is 0 Å². The van der Waals surface area contributed by atoms with E-state index in [0.29, 0.717) is 29.5 Å². The number of halogens is 7. The van der Waals surface area contributed by atoms with Crippen LogP contribution in [0.1, 0.15) is 26.4 Å². The SMILES string of the molecule is Nc1nc(-c2cccc(C(F)(F)F)c2)c(C(=O)c2c(F)cccc2C(F)(F)F)s1. The van der Waals surface area contributed by atoms with Crippen molar-refractivity contribution in [2.75, 3.05) is 5.73 Å². The van der Waals surface area contributed by atoms with Crippen molar-refractivity contribution >= 4 is 22.3 Å². The number of nitrogen functional groups attached to an aromatic ring is 1. The van der Waals surface area contributed by atoms with Gasteiger partial charge in [0.2, 0.25) is 5.78 Å². The lowest BCUT2D eigenvalue weighted by molar-refractivity contribution is -0.138. The normalized spacial score (nSPS) is 12.2. The number of hydrogen-bond acceptors (Lipinski definition) is 4. The Kier molecular flexibility index (Phi) is 5.11.